The van der Waals surface area contributed by atoms with Gasteiger partial charge in [0.2, 0.25) is 0 Å². The summed E-state index contributed by atoms with van der Waals surface area (Å²) in [5.74, 6) is 0.0487. The first-order chi connectivity index (χ1) is 36.6. The summed E-state index contributed by atoms with van der Waals surface area (Å²) in [6, 6.07) is 0. The predicted molar refractivity (Wildman–Crippen MR) is 331 cm³/mol. The molecule has 0 aromatic heterocycles. The number of hydrogen-bond donors (Lipinski definition) is 0. The average molecular weight is 1040 g/mol. The van der Waals surface area contributed by atoms with Crippen LogP contribution < -0.4 is 0 Å². The minimum atomic E-state index is 0.0238. The number of hydrogen-bond acceptors (Lipinski definition) is 4. The predicted octanol–water partition coefficient (Wildman–Crippen LogP) is 25.1. The molecule has 0 aromatic carbocycles. The van der Waals surface area contributed by atoms with Crippen LogP contribution in [0.5, 0.6) is 0 Å². The van der Waals surface area contributed by atoms with E-state index in [0.29, 0.717) is 26.1 Å². The van der Waals surface area contributed by atoms with Crippen molar-refractivity contribution < 1.29 is 19.1 Å². The lowest BCUT2D eigenvalue weighted by Crippen LogP contribution is -2.05. The molecule has 0 saturated carbocycles. The summed E-state index contributed by atoms with van der Waals surface area (Å²) >= 11 is 0. The van der Waals surface area contributed by atoms with Crippen LogP contribution in [0.25, 0.3) is 0 Å². The SMILES string of the molecule is CCCCCCCC/C=C\CCCCCCCCCCCC(=O)OCCCCCCCCCCCCCCCC.CCCCCCCCCCCCCCCCCCOC(=O)CCCCCCCCCCCCC. The van der Waals surface area contributed by atoms with Gasteiger partial charge in [-0.25, -0.2) is 0 Å². The monoisotopic (exact) mass is 1040 g/mol. The van der Waals surface area contributed by atoms with Gasteiger partial charge in [-0.3, -0.25) is 9.59 Å². The molecule has 442 valence electrons. The van der Waals surface area contributed by atoms with E-state index in [9.17, 15) is 9.59 Å². The average Bonchev–Trinajstić information content (AvgIpc) is 3.40. The molecule has 0 bridgehead atoms. The molecule has 0 unspecified atom stereocenters. The Bertz CT molecular complexity index is 1040. The maximum absolute atomic E-state index is 11.9. The Morgan fingerprint density at radius 1 is 0.216 bits per heavy atom. The quantitative estimate of drug-likeness (QED) is 0.0346. The number of ether oxygens (including phenoxy) is 2. The summed E-state index contributed by atoms with van der Waals surface area (Å²) in [7, 11) is 0. The zero-order chi connectivity index (χ0) is 53.8. The first-order valence-electron chi connectivity index (χ1n) is 34.6. The Balaban J connectivity index is 0. The third kappa shape index (κ3) is 72.8. The Labute approximate surface area is 467 Å². The van der Waals surface area contributed by atoms with E-state index < -0.39 is 0 Å². The van der Waals surface area contributed by atoms with Gasteiger partial charge in [-0.05, 0) is 51.4 Å². The van der Waals surface area contributed by atoms with Gasteiger partial charge in [0.15, 0.2) is 0 Å². The van der Waals surface area contributed by atoms with Gasteiger partial charge >= 0.3 is 11.9 Å². The number of esters is 2. The van der Waals surface area contributed by atoms with E-state index in [4.69, 9.17) is 9.47 Å². The van der Waals surface area contributed by atoms with Crippen LogP contribution in [-0.2, 0) is 19.1 Å². The minimum absolute atomic E-state index is 0.0238. The van der Waals surface area contributed by atoms with Crippen molar-refractivity contribution in [1.82, 2.24) is 0 Å². The summed E-state index contributed by atoms with van der Waals surface area (Å²) in [6.45, 7) is 10.4. The lowest BCUT2D eigenvalue weighted by atomic mass is 10.0. The first-order valence-corrected chi connectivity index (χ1v) is 34.6. The van der Waals surface area contributed by atoms with Gasteiger partial charge in [-0.1, -0.05) is 361 Å². The molecular formula is C70H138O4. The Morgan fingerprint density at radius 3 is 0.581 bits per heavy atom. The van der Waals surface area contributed by atoms with Crippen molar-refractivity contribution in [2.75, 3.05) is 13.2 Å². The fourth-order valence-corrected chi connectivity index (χ4v) is 10.4. The molecule has 0 aliphatic carbocycles. The molecule has 0 heterocycles. The highest BCUT2D eigenvalue weighted by molar-refractivity contribution is 5.69. The number of allylic oxidation sites excluding steroid dienone is 2. The number of rotatable bonds is 63. The molecule has 0 aliphatic rings. The molecule has 0 rings (SSSR count). The van der Waals surface area contributed by atoms with Crippen molar-refractivity contribution in [3.63, 3.8) is 0 Å². The smallest absolute Gasteiger partial charge is 0.305 e. The number of unbranched alkanes of at least 4 members (excludes halogenated alkanes) is 53. The Morgan fingerprint density at radius 2 is 0.378 bits per heavy atom. The van der Waals surface area contributed by atoms with Crippen molar-refractivity contribution >= 4 is 11.9 Å². The van der Waals surface area contributed by atoms with Crippen molar-refractivity contribution in [3.05, 3.63) is 12.2 Å². The molecule has 0 aliphatic heterocycles. The lowest BCUT2D eigenvalue weighted by Gasteiger charge is -2.06. The highest BCUT2D eigenvalue weighted by Gasteiger charge is 2.05. The van der Waals surface area contributed by atoms with Gasteiger partial charge in [0, 0.05) is 12.8 Å². The fraction of sp³-hybridized carbons (Fsp3) is 0.943. The van der Waals surface area contributed by atoms with E-state index >= 15 is 0 Å². The van der Waals surface area contributed by atoms with Crippen LogP contribution in [0.2, 0.25) is 0 Å². The second-order valence-electron chi connectivity index (χ2n) is 23.4. The highest BCUT2D eigenvalue weighted by atomic mass is 16.5. The summed E-state index contributed by atoms with van der Waals surface area (Å²) in [6.07, 6.45) is 84.3. The van der Waals surface area contributed by atoms with Crippen LogP contribution in [0.3, 0.4) is 0 Å². The Hall–Kier alpha value is -1.32. The van der Waals surface area contributed by atoms with E-state index in [1.54, 1.807) is 0 Å². The maximum atomic E-state index is 11.9. The lowest BCUT2D eigenvalue weighted by molar-refractivity contribution is -0.144. The van der Waals surface area contributed by atoms with Gasteiger partial charge < -0.3 is 9.47 Å². The zero-order valence-corrected chi connectivity index (χ0v) is 51.6. The van der Waals surface area contributed by atoms with Gasteiger partial charge in [-0.2, -0.15) is 0 Å². The molecule has 0 spiro atoms. The Kier molecular flexibility index (Phi) is 72.4. The summed E-state index contributed by atoms with van der Waals surface area (Å²) in [5.41, 5.74) is 0. The normalized spacial score (nSPS) is 11.4. The van der Waals surface area contributed by atoms with Gasteiger partial charge in [0.25, 0.3) is 0 Å². The van der Waals surface area contributed by atoms with Crippen LogP contribution in [0.1, 0.15) is 413 Å². The van der Waals surface area contributed by atoms with Crippen molar-refractivity contribution in [3.8, 4) is 0 Å². The number of carbonyl (C=O) groups is 2. The van der Waals surface area contributed by atoms with Crippen LogP contribution >= 0.6 is 0 Å². The molecule has 4 heteroatoms. The van der Waals surface area contributed by atoms with Gasteiger partial charge in [-0.15, -0.1) is 0 Å². The van der Waals surface area contributed by atoms with Crippen molar-refractivity contribution in [1.29, 1.82) is 0 Å². The van der Waals surface area contributed by atoms with E-state index in [1.165, 1.54) is 347 Å². The summed E-state index contributed by atoms with van der Waals surface area (Å²) < 4.78 is 10.9. The van der Waals surface area contributed by atoms with Crippen LogP contribution in [0, 0.1) is 0 Å². The first kappa shape index (κ1) is 74.8. The summed E-state index contributed by atoms with van der Waals surface area (Å²) in [4.78, 5) is 23.8. The second-order valence-corrected chi connectivity index (χ2v) is 23.4. The third-order valence-corrected chi connectivity index (χ3v) is 15.6. The maximum Gasteiger partial charge on any atom is 0.305 e. The minimum Gasteiger partial charge on any atom is -0.466 e. The topological polar surface area (TPSA) is 52.6 Å². The van der Waals surface area contributed by atoms with E-state index in [1.807, 2.05) is 0 Å². The van der Waals surface area contributed by atoms with E-state index in [0.717, 1.165) is 25.7 Å². The molecular weight excluding hydrogens is 905 g/mol. The van der Waals surface area contributed by atoms with Crippen molar-refractivity contribution in [2.45, 2.75) is 413 Å². The molecule has 4 nitrogen and oxygen atoms in total. The summed E-state index contributed by atoms with van der Waals surface area (Å²) in [5, 5.41) is 0. The molecule has 0 saturated heterocycles. The van der Waals surface area contributed by atoms with E-state index in [-0.39, 0.29) is 11.9 Å². The van der Waals surface area contributed by atoms with Crippen LogP contribution in [-0.4, -0.2) is 25.2 Å². The molecule has 0 fully saturated rings. The molecule has 0 N–H and O–H groups in total. The fourth-order valence-electron chi connectivity index (χ4n) is 10.4. The third-order valence-electron chi connectivity index (χ3n) is 15.6. The largest absolute Gasteiger partial charge is 0.466 e. The van der Waals surface area contributed by atoms with Gasteiger partial charge in [0.1, 0.15) is 0 Å². The number of carbonyl (C=O) groups excluding carboxylic acids is 2. The molecule has 0 atom stereocenters. The van der Waals surface area contributed by atoms with Crippen LogP contribution in [0.15, 0.2) is 12.2 Å². The van der Waals surface area contributed by atoms with E-state index in [2.05, 4.69) is 39.8 Å². The van der Waals surface area contributed by atoms with Crippen molar-refractivity contribution in [2.24, 2.45) is 0 Å². The molecule has 74 heavy (non-hydrogen) atoms. The molecule has 0 radical (unpaired) electrons. The molecule has 0 aromatic rings. The standard InChI is InChI=1S/C38H74O2.C32H64O2/c1-3-5-7-9-11-13-15-17-19-20-21-22-23-24-26-28-30-32-34-36-38(39)40-37-35-33-31-29-27-25-18-16-14-12-10-8-6-4-2;1-3-5-7-9-11-13-15-16-17-18-19-21-23-25-27-29-31-34-32(33)30-28-26-24-22-20-14-12-10-8-6-4-2/h17,19H,3-16,18,20-37H2,1-2H3;3-31H2,1-2H3/b19-17-;. The van der Waals surface area contributed by atoms with Gasteiger partial charge in [0.05, 0.1) is 13.2 Å². The second kappa shape index (κ2) is 71.7. The zero-order valence-electron chi connectivity index (χ0n) is 51.6. The van der Waals surface area contributed by atoms with Crippen LogP contribution in [0.4, 0.5) is 0 Å². The molecule has 0 amide bonds. The highest BCUT2D eigenvalue weighted by Crippen LogP contribution is 2.18.